The average Bonchev–Trinajstić information content (AvgIpc) is 2.94. The molecule has 2 N–H and O–H groups in total. The van der Waals surface area contributed by atoms with E-state index >= 15 is 0 Å². The molecule has 23 heavy (non-hydrogen) atoms. The first-order valence-corrected chi connectivity index (χ1v) is 8.11. The van der Waals surface area contributed by atoms with Crippen LogP contribution in [0.2, 0.25) is 0 Å². The third-order valence-electron chi connectivity index (χ3n) is 4.92. The molecular formula is C18H25N3O2. The second-order valence-corrected chi connectivity index (χ2v) is 6.47. The fourth-order valence-corrected chi connectivity index (χ4v) is 3.58. The monoisotopic (exact) mass is 315 g/mol. The standard InChI is InChI=1S/C18H25N3O2/c1-12-6-13(2)18(11-23)14(3)17(12)9-20-4-5-21-16(8-20)7-15(10-22)19-21/h6-7,22-23H,4-5,8-11H2,1-3H3. The fraction of sp³-hybridized carbons (Fsp3) is 0.500. The Hall–Kier alpha value is -1.69. The lowest BCUT2D eigenvalue weighted by Crippen LogP contribution is -2.33. The molecule has 0 unspecified atom stereocenters. The molecule has 3 rings (SSSR count). The topological polar surface area (TPSA) is 61.5 Å². The first-order valence-electron chi connectivity index (χ1n) is 8.11. The predicted octanol–water partition coefficient (Wildman–Crippen LogP) is 1.81. The third-order valence-corrected chi connectivity index (χ3v) is 4.92. The second-order valence-electron chi connectivity index (χ2n) is 6.47. The van der Waals surface area contributed by atoms with Crippen molar-refractivity contribution >= 4 is 0 Å². The van der Waals surface area contributed by atoms with Gasteiger partial charge in [-0.1, -0.05) is 6.07 Å². The van der Waals surface area contributed by atoms with Crippen LogP contribution in [-0.4, -0.2) is 31.4 Å². The van der Waals surface area contributed by atoms with Gasteiger partial charge >= 0.3 is 0 Å². The number of aliphatic hydroxyl groups is 2. The summed E-state index contributed by atoms with van der Waals surface area (Å²) in [4.78, 5) is 2.41. The summed E-state index contributed by atoms with van der Waals surface area (Å²) in [6.07, 6.45) is 0. The summed E-state index contributed by atoms with van der Waals surface area (Å²) < 4.78 is 2.00. The van der Waals surface area contributed by atoms with Gasteiger partial charge in [0.25, 0.3) is 0 Å². The molecule has 5 nitrogen and oxygen atoms in total. The van der Waals surface area contributed by atoms with E-state index in [1.807, 2.05) is 10.7 Å². The number of benzene rings is 1. The highest BCUT2D eigenvalue weighted by atomic mass is 16.3. The van der Waals surface area contributed by atoms with Gasteiger partial charge < -0.3 is 10.2 Å². The molecule has 0 radical (unpaired) electrons. The Kier molecular flexibility index (Phi) is 4.53. The first kappa shape index (κ1) is 16.2. The van der Waals surface area contributed by atoms with Crippen molar-refractivity contribution in [3.05, 3.63) is 51.3 Å². The SMILES string of the molecule is Cc1cc(C)c(CN2CCn3nc(CO)cc3C2)c(C)c1CO. The van der Waals surface area contributed by atoms with E-state index in [1.165, 1.54) is 16.7 Å². The van der Waals surface area contributed by atoms with Gasteiger partial charge in [-0.3, -0.25) is 9.58 Å². The number of hydrogen-bond donors (Lipinski definition) is 2. The number of nitrogens with zero attached hydrogens (tertiary/aromatic N) is 3. The zero-order chi connectivity index (χ0) is 16.6. The maximum absolute atomic E-state index is 9.63. The van der Waals surface area contributed by atoms with Crippen molar-refractivity contribution in [2.75, 3.05) is 6.54 Å². The highest BCUT2D eigenvalue weighted by Gasteiger charge is 2.20. The number of rotatable bonds is 4. The van der Waals surface area contributed by atoms with Crippen LogP contribution in [0.4, 0.5) is 0 Å². The number of fused-ring (bicyclic) bond motifs is 1. The molecule has 1 aromatic carbocycles. The molecule has 1 aliphatic rings. The molecule has 0 spiro atoms. The highest BCUT2D eigenvalue weighted by molar-refractivity contribution is 5.44. The minimum Gasteiger partial charge on any atom is -0.392 e. The van der Waals surface area contributed by atoms with Gasteiger partial charge in [-0.2, -0.15) is 5.10 Å². The lowest BCUT2D eigenvalue weighted by molar-refractivity contribution is 0.203. The van der Waals surface area contributed by atoms with Gasteiger partial charge in [-0.25, -0.2) is 0 Å². The molecule has 0 saturated carbocycles. The van der Waals surface area contributed by atoms with Gasteiger partial charge in [-0.05, 0) is 54.7 Å². The van der Waals surface area contributed by atoms with Crippen LogP contribution in [0.15, 0.2) is 12.1 Å². The molecule has 2 aromatic rings. The Morgan fingerprint density at radius 1 is 1.00 bits per heavy atom. The molecule has 2 heterocycles. The molecule has 0 aliphatic carbocycles. The first-order chi connectivity index (χ1) is 11.0. The van der Waals surface area contributed by atoms with Gasteiger partial charge in [0.1, 0.15) is 0 Å². The Balaban J connectivity index is 1.83. The molecule has 0 amide bonds. The quantitative estimate of drug-likeness (QED) is 0.903. The molecular weight excluding hydrogens is 290 g/mol. The number of aryl methyl sites for hydroxylation is 2. The summed E-state index contributed by atoms with van der Waals surface area (Å²) in [6, 6.07) is 4.16. The number of aliphatic hydroxyl groups excluding tert-OH is 2. The summed E-state index contributed by atoms with van der Waals surface area (Å²) in [5, 5.41) is 23.3. The normalized spacial score (nSPS) is 15.0. The highest BCUT2D eigenvalue weighted by Crippen LogP contribution is 2.25. The lowest BCUT2D eigenvalue weighted by atomic mass is 9.93. The lowest BCUT2D eigenvalue weighted by Gasteiger charge is -2.29. The van der Waals surface area contributed by atoms with E-state index in [0.717, 1.165) is 48.7 Å². The smallest absolute Gasteiger partial charge is 0.0882 e. The van der Waals surface area contributed by atoms with Crippen LogP contribution in [-0.2, 0) is 32.8 Å². The molecule has 0 fully saturated rings. The van der Waals surface area contributed by atoms with Gasteiger partial charge in [0, 0.05) is 19.6 Å². The molecule has 5 heteroatoms. The molecule has 124 valence electrons. The molecule has 1 aromatic heterocycles. The van der Waals surface area contributed by atoms with E-state index in [4.69, 9.17) is 0 Å². The summed E-state index contributed by atoms with van der Waals surface area (Å²) in [5.41, 5.74) is 7.92. The van der Waals surface area contributed by atoms with E-state index in [9.17, 15) is 10.2 Å². The molecule has 0 saturated heterocycles. The number of aromatic nitrogens is 2. The summed E-state index contributed by atoms with van der Waals surface area (Å²) in [5.74, 6) is 0. The van der Waals surface area contributed by atoms with Crippen molar-refractivity contribution in [3.63, 3.8) is 0 Å². The maximum atomic E-state index is 9.63. The van der Waals surface area contributed by atoms with Crippen LogP contribution >= 0.6 is 0 Å². The van der Waals surface area contributed by atoms with Crippen molar-refractivity contribution in [2.45, 2.75) is 53.6 Å². The third kappa shape index (κ3) is 3.04. The van der Waals surface area contributed by atoms with Crippen LogP contribution in [0.3, 0.4) is 0 Å². The van der Waals surface area contributed by atoms with Crippen LogP contribution < -0.4 is 0 Å². The molecule has 0 atom stereocenters. The van der Waals surface area contributed by atoms with E-state index in [2.05, 4.69) is 36.8 Å². The Morgan fingerprint density at radius 3 is 2.43 bits per heavy atom. The Morgan fingerprint density at radius 2 is 1.74 bits per heavy atom. The molecule has 1 aliphatic heterocycles. The summed E-state index contributed by atoms with van der Waals surface area (Å²) in [7, 11) is 0. The second kappa shape index (κ2) is 6.43. The van der Waals surface area contributed by atoms with Gasteiger partial charge in [0.2, 0.25) is 0 Å². The zero-order valence-corrected chi connectivity index (χ0v) is 14.1. The molecule has 0 bridgehead atoms. The van der Waals surface area contributed by atoms with Crippen molar-refractivity contribution in [1.29, 1.82) is 0 Å². The predicted molar refractivity (Wildman–Crippen MR) is 88.8 cm³/mol. The van der Waals surface area contributed by atoms with Crippen LogP contribution in [0, 0.1) is 20.8 Å². The summed E-state index contributed by atoms with van der Waals surface area (Å²) in [6.45, 7) is 9.93. The van der Waals surface area contributed by atoms with Crippen LogP contribution in [0.25, 0.3) is 0 Å². The van der Waals surface area contributed by atoms with Crippen LogP contribution in [0.5, 0.6) is 0 Å². The van der Waals surface area contributed by atoms with Crippen molar-refractivity contribution in [2.24, 2.45) is 0 Å². The van der Waals surface area contributed by atoms with Gasteiger partial charge in [0.15, 0.2) is 0 Å². The van der Waals surface area contributed by atoms with Crippen molar-refractivity contribution in [1.82, 2.24) is 14.7 Å². The minimum absolute atomic E-state index is 0.00393. The average molecular weight is 315 g/mol. The number of hydrogen-bond acceptors (Lipinski definition) is 4. The van der Waals surface area contributed by atoms with Gasteiger partial charge in [-0.15, -0.1) is 0 Å². The van der Waals surface area contributed by atoms with E-state index in [0.29, 0.717) is 0 Å². The van der Waals surface area contributed by atoms with Crippen molar-refractivity contribution < 1.29 is 10.2 Å². The summed E-state index contributed by atoms with van der Waals surface area (Å²) >= 11 is 0. The zero-order valence-electron chi connectivity index (χ0n) is 14.1. The maximum Gasteiger partial charge on any atom is 0.0882 e. The van der Waals surface area contributed by atoms with E-state index in [-0.39, 0.29) is 13.2 Å². The van der Waals surface area contributed by atoms with Crippen LogP contribution in [0.1, 0.15) is 39.2 Å². The Bertz CT molecular complexity index is 722. The fourth-order valence-electron chi connectivity index (χ4n) is 3.58. The van der Waals surface area contributed by atoms with E-state index < -0.39 is 0 Å². The minimum atomic E-state index is -0.00393. The van der Waals surface area contributed by atoms with E-state index in [1.54, 1.807) is 0 Å². The Labute approximate surface area is 137 Å². The van der Waals surface area contributed by atoms with Crippen molar-refractivity contribution in [3.8, 4) is 0 Å². The van der Waals surface area contributed by atoms with Gasteiger partial charge in [0.05, 0.1) is 31.1 Å². The largest absolute Gasteiger partial charge is 0.392 e.